The maximum Gasteiger partial charge on any atom is 0.280 e. The van der Waals surface area contributed by atoms with Crippen molar-refractivity contribution in [2.75, 3.05) is 6.54 Å². The molecule has 0 radical (unpaired) electrons. The zero-order valence-electron chi connectivity index (χ0n) is 12.2. The van der Waals surface area contributed by atoms with E-state index in [4.69, 9.17) is 0 Å². The van der Waals surface area contributed by atoms with Gasteiger partial charge in [0.25, 0.3) is 11.8 Å². The van der Waals surface area contributed by atoms with Gasteiger partial charge in [-0.2, -0.15) is 0 Å². The summed E-state index contributed by atoms with van der Waals surface area (Å²) in [5, 5.41) is 2.74. The first-order valence-corrected chi connectivity index (χ1v) is 7.13. The van der Waals surface area contributed by atoms with Crippen molar-refractivity contribution in [3.8, 4) is 0 Å². The van der Waals surface area contributed by atoms with E-state index < -0.39 is 11.8 Å². The molecule has 116 valence electrons. The van der Waals surface area contributed by atoms with Gasteiger partial charge in [0.1, 0.15) is 5.69 Å². The Bertz CT molecular complexity index is 726. The number of carbonyl (C=O) groups excluding carboxylic acids is 3. The fourth-order valence-electron chi connectivity index (χ4n) is 2.32. The summed E-state index contributed by atoms with van der Waals surface area (Å²) in [6.07, 6.45) is 4.81. The lowest BCUT2D eigenvalue weighted by molar-refractivity contribution is -0.121. The number of imide groups is 1. The van der Waals surface area contributed by atoms with Crippen LogP contribution in [0.25, 0.3) is 0 Å². The van der Waals surface area contributed by atoms with Crippen LogP contribution in [0.4, 0.5) is 0 Å². The number of pyridine rings is 2. The van der Waals surface area contributed by atoms with Crippen LogP contribution in [0.5, 0.6) is 0 Å². The fourth-order valence-corrected chi connectivity index (χ4v) is 2.32. The molecule has 0 spiro atoms. The molecule has 1 N–H and O–H groups in total. The molecule has 0 atom stereocenters. The molecule has 7 heteroatoms. The zero-order valence-corrected chi connectivity index (χ0v) is 12.2. The highest BCUT2D eigenvalue weighted by Gasteiger charge is 2.36. The van der Waals surface area contributed by atoms with Gasteiger partial charge in [0.05, 0.1) is 5.56 Å². The first-order valence-electron chi connectivity index (χ1n) is 7.13. The average molecular weight is 310 g/mol. The SMILES string of the molecule is O=C(CCN1C(=O)c2cccnc2C1=O)NCc1ccncc1. The Morgan fingerprint density at radius 3 is 2.61 bits per heavy atom. The molecule has 0 unspecified atom stereocenters. The molecule has 1 aliphatic rings. The molecule has 3 heterocycles. The third-order valence-electron chi connectivity index (χ3n) is 3.53. The van der Waals surface area contributed by atoms with Gasteiger partial charge in [0.2, 0.25) is 5.91 Å². The van der Waals surface area contributed by atoms with Crippen molar-refractivity contribution >= 4 is 17.7 Å². The number of nitrogens with one attached hydrogen (secondary N) is 1. The number of nitrogens with zero attached hydrogens (tertiary/aromatic N) is 3. The molecule has 2 aromatic heterocycles. The van der Waals surface area contributed by atoms with E-state index in [1.54, 1.807) is 36.7 Å². The van der Waals surface area contributed by atoms with Gasteiger partial charge in [0.15, 0.2) is 0 Å². The second-order valence-corrected chi connectivity index (χ2v) is 5.04. The van der Waals surface area contributed by atoms with Gasteiger partial charge in [0, 0.05) is 38.1 Å². The topological polar surface area (TPSA) is 92.3 Å². The molecule has 0 saturated carbocycles. The second kappa shape index (κ2) is 6.35. The van der Waals surface area contributed by atoms with Gasteiger partial charge in [-0.3, -0.25) is 29.3 Å². The number of carbonyl (C=O) groups is 3. The lowest BCUT2D eigenvalue weighted by atomic mass is 10.2. The number of amides is 3. The number of rotatable bonds is 5. The highest BCUT2D eigenvalue weighted by molar-refractivity contribution is 6.20. The molecule has 0 saturated heterocycles. The van der Waals surface area contributed by atoms with Crippen molar-refractivity contribution in [1.29, 1.82) is 0 Å². The van der Waals surface area contributed by atoms with E-state index in [1.165, 1.54) is 6.20 Å². The maximum absolute atomic E-state index is 12.1. The smallest absolute Gasteiger partial charge is 0.280 e. The third kappa shape index (κ3) is 3.08. The summed E-state index contributed by atoms with van der Waals surface area (Å²) in [6.45, 7) is 0.418. The first kappa shape index (κ1) is 14.8. The Labute approximate surface area is 132 Å². The Balaban J connectivity index is 1.54. The van der Waals surface area contributed by atoms with E-state index in [1.807, 2.05) is 0 Å². The first-order chi connectivity index (χ1) is 11.2. The number of aromatic nitrogens is 2. The highest BCUT2D eigenvalue weighted by Crippen LogP contribution is 2.20. The van der Waals surface area contributed by atoms with Gasteiger partial charge in [-0.1, -0.05) is 0 Å². The van der Waals surface area contributed by atoms with E-state index in [-0.39, 0.29) is 30.1 Å². The molecule has 1 aliphatic heterocycles. The molecular formula is C16H14N4O3. The van der Waals surface area contributed by atoms with E-state index in [9.17, 15) is 14.4 Å². The largest absolute Gasteiger partial charge is 0.352 e. The minimum atomic E-state index is -0.451. The van der Waals surface area contributed by atoms with Gasteiger partial charge in [-0.25, -0.2) is 0 Å². The number of hydrogen-bond donors (Lipinski definition) is 1. The quantitative estimate of drug-likeness (QED) is 0.824. The van der Waals surface area contributed by atoms with Crippen LogP contribution in [0.1, 0.15) is 32.8 Å². The monoisotopic (exact) mass is 310 g/mol. The van der Waals surface area contributed by atoms with E-state index in [0.717, 1.165) is 10.5 Å². The summed E-state index contributed by atoms with van der Waals surface area (Å²) in [4.78, 5) is 45.0. The van der Waals surface area contributed by atoms with Crippen LogP contribution in [0.2, 0.25) is 0 Å². The van der Waals surface area contributed by atoms with E-state index >= 15 is 0 Å². The van der Waals surface area contributed by atoms with Crippen molar-refractivity contribution < 1.29 is 14.4 Å². The third-order valence-corrected chi connectivity index (χ3v) is 3.53. The normalized spacial score (nSPS) is 13.1. The minimum absolute atomic E-state index is 0.0379. The van der Waals surface area contributed by atoms with Crippen LogP contribution in [-0.2, 0) is 11.3 Å². The lowest BCUT2D eigenvalue weighted by Crippen LogP contribution is -2.34. The predicted molar refractivity (Wildman–Crippen MR) is 80.3 cm³/mol. The molecule has 2 aromatic rings. The fraction of sp³-hybridized carbons (Fsp3) is 0.188. The van der Waals surface area contributed by atoms with Crippen LogP contribution in [-0.4, -0.2) is 39.1 Å². The van der Waals surface area contributed by atoms with Gasteiger partial charge < -0.3 is 5.32 Å². The molecule has 0 aliphatic carbocycles. The van der Waals surface area contributed by atoms with Gasteiger partial charge >= 0.3 is 0 Å². The van der Waals surface area contributed by atoms with Crippen molar-refractivity contribution in [2.24, 2.45) is 0 Å². The van der Waals surface area contributed by atoms with Crippen molar-refractivity contribution in [3.63, 3.8) is 0 Å². The Morgan fingerprint density at radius 2 is 1.87 bits per heavy atom. The van der Waals surface area contributed by atoms with Crippen LogP contribution in [0.3, 0.4) is 0 Å². The second-order valence-electron chi connectivity index (χ2n) is 5.04. The summed E-state index contributed by atoms with van der Waals surface area (Å²) in [6, 6.07) is 6.77. The van der Waals surface area contributed by atoms with Crippen LogP contribution in [0, 0.1) is 0 Å². The Morgan fingerprint density at radius 1 is 1.09 bits per heavy atom. The molecule has 23 heavy (non-hydrogen) atoms. The number of fused-ring (bicyclic) bond motifs is 1. The summed E-state index contributed by atoms with van der Waals surface area (Å²) in [5.74, 6) is -1.08. The van der Waals surface area contributed by atoms with Gasteiger partial charge in [-0.15, -0.1) is 0 Å². The summed E-state index contributed by atoms with van der Waals surface area (Å²) in [5.41, 5.74) is 1.36. The molecule has 3 amide bonds. The van der Waals surface area contributed by atoms with Crippen LogP contribution >= 0.6 is 0 Å². The summed E-state index contributed by atoms with van der Waals surface area (Å²) in [7, 11) is 0. The predicted octanol–water partition coefficient (Wildman–Crippen LogP) is 0.779. The Hall–Kier alpha value is -3.09. The van der Waals surface area contributed by atoms with E-state index in [2.05, 4.69) is 15.3 Å². The van der Waals surface area contributed by atoms with Gasteiger partial charge in [-0.05, 0) is 29.8 Å². The highest BCUT2D eigenvalue weighted by atomic mass is 16.2. The standard InChI is InChI=1S/C16H14N4O3/c21-13(19-10-11-3-7-17-8-4-11)5-9-20-15(22)12-2-1-6-18-14(12)16(20)23/h1-4,6-8H,5,9-10H2,(H,19,21). The number of hydrogen-bond acceptors (Lipinski definition) is 5. The molecule has 0 aromatic carbocycles. The van der Waals surface area contributed by atoms with Crippen LogP contribution < -0.4 is 5.32 Å². The lowest BCUT2D eigenvalue weighted by Gasteiger charge is -2.13. The molecule has 0 fully saturated rings. The molecule has 7 nitrogen and oxygen atoms in total. The average Bonchev–Trinajstić information content (AvgIpc) is 2.83. The van der Waals surface area contributed by atoms with E-state index in [0.29, 0.717) is 6.54 Å². The Kier molecular flexibility index (Phi) is 4.09. The molecule has 3 rings (SSSR count). The van der Waals surface area contributed by atoms with Crippen molar-refractivity contribution in [2.45, 2.75) is 13.0 Å². The zero-order chi connectivity index (χ0) is 16.2. The minimum Gasteiger partial charge on any atom is -0.352 e. The summed E-state index contributed by atoms with van der Waals surface area (Å²) < 4.78 is 0. The maximum atomic E-state index is 12.1. The summed E-state index contributed by atoms with van der Waals surface area (Å²) >= 11 is 0. The molecule has 0 bridgehead atoms. The van der Waals surface area contributed by atoms with Crippen molar-refractivity contribution in [3.05, 3.63) is 59.7 Å². The van der Waals surface area contributed by atoms with Crippen LogP contribution in [0.15, 0.2) is 42.9 Å². The van der Waals surface area contributed by atoms with Crippen molar-refractivity contribution in [1.82, 2.24) is 20.2 Å². The molecular weight excluding hydrogens is 296 g/mol.